The van der Waals surface area contributed by atoms with Crippen LogP contribution in [0.5, 0.6) is 0 Å². The Balaban J connectivity index is 1.51. The minimum absolute atomic E-state index is 0.0297. The van der Waals surface area contributed by atoms with Crippen molar-refractivity contribution < 1.29 is 14.3 Å². The average molecular weight is 447 g/mol. The van der Waals surface area contributed by atoms with E-state index in [1.807, 2.05) is 19.1 Å². The van der Waals surface area contributed by atoms with Crippen LogP contribution in [0.15, 0.2) is 36.0 Å². The number of ether oxygens (including phenoxy) is 2. The molecule has 1 aromatic rings. The summed E-state index contributed by atoms with van der Waals surface area (Å²) in [4.78, 5) is 15.1. The Kier molecular flexibility index (Phi) is 7.25. The normalized spacial score (nSPS) is 25.8. The Morgan fingerprint density at radius 2 is 1.87 bits per heavy atom. The lowest BCUT2D eigenvalue weighted by Crippen LogP contribution is -2.43. The lowest BCUT2D eigenvalue weighted by molar-refractivity contribution is -0.150. The zero-order valence-corrected chi connectivity index (χ0v) is 19.5. The number of halogens is 1. The molecule has 1 saturated heterocycles. The second kappa shape index (κ2) is 9.93. The van der Waals surface area contributed by atoms with Gasteiger partial charge < -0.3 is 19.7 Å². The van der Waals surface area contributed by atoms with Gasteiger partial charge in [0.25, 0.3) is 0 Å². The van der Waals surface area contributed by atoms with E-state index in [-0.39, 0.29) is 23.5 Å². The van der Waals surface area contributed by atoms with Crippen molar-refractivity contribution in [3.8, 4) is 0 Å². The van der Waals surface area contributed by atoms with E-state index in [1.54, 1.807) is 0 Å². The van der Waals surface area contributed by atoms with Crippen LogP contribution in [0.4, 0.5) is 0 Å². The molecule has 0 aromatic heterocycles. The van der Waals surface area contributed by atoms with Crippen LogP contribution in [0.1, 0.15) is 64.0 Å². The van der Waals surface area contributed by atoms with Crippen LogP contribution in [0, 0.1) is 5.41 Å². The van der Waals surface area contributed by atoms with E-state index in [1.165, 1.54) is 11.3 Å². The molecule has 0 spiro atoms. The highest BCUT2D eigenvalue weighted by molar-refractivity contribution is 6.30. The minimum atomic E-state index is -0.306. The fourth-order valence-corrected chi connectivity index (χ4v) is 5.16. The van der Waals surface area contributed by atoms with Gasteiger partial charge in [-0.15, -0.1) is 0 Å². The summed E-state index contributed by atoms with van der Waals surface area (Å²) in [6.45, 7) is 7.24. The molecular formula is C25H35ClN2O3. The van der Waals surface area contributed by atoms with Gasteiger partial charge in [-0.2, -0.15) is 0 Å². The number of likely N-dealkylation sites (tertiary alicyclic amines) is 1. The molecule has 0 bridgehead atoms. The molecule has 1 aromatic carbocycles. The fraction of sp³-hybridized carbons (Fsp3) is 0.640. The molecule has 0 amide bonds. The van der Waals surface area contributed by atoms with Crippen molar-refractivity contribution in [1.29, 1.82) is 0 Å². The van der Waals surface area contributed by atoms with Gasteiger partial charge >= 0.3 is 5.97 Å². The van der Waals surface area contributed by atoms with Crippen molar-refractivity contribution >= 4 is 17.6 Å². The van der Waals surface area contributed by atoms with Crippen LogP contribution in [0.25, 0.3) is 0 Å². The van der Waals surface area contributed by atoms with Gasteiger partial charge in [0, 0.05) is 48.9 Å². The first-order valence-corrected chi connectivity index (χ1v) is 12.2. The molecule has 31 heavy (non-hydrogen) atoms. The monoisotopic (exact) mass is 446 g/mol. The third-order valence-electron chi connectivity index (χ3n) is 6.92. The zero-order valence-electron chi connectivity index (χ0n) is 18.7. The lowest BCUT2D eigenvalue weighted by atomic mass is 9.89. The number of nitrogens with one attached hydrogen (secondary N) is 1. The van der Waals surface area contributed by atoms with Crippen molar-refractivity contribution in [3.05, 3.63) is 46.6 Å². The molecule has 2 fully saturated rings. The van der Waals surface area contributed by atoms with Gasteiger partial charge in [-0.1, -0.05) is 23.7 Å². The predicted octanol–water partition coefficient (Wildman–Crippen LogP) is 4.86. The summed E-state index contributed by atoms with van der Waals surface area (Å²) in [5, 5.41) is 4.56. The second-order valence-corrected chi connectivity index (χ2v) is 9.52. The van der Waals surface area contributed by atoms with Gasteiger partial charge in [0.1, 0.15) is 0 Å². The summed E-state index contributed by atoms with van der Waals surface area (Å²) in [5.74, 6) is -0.0297. The van der Waals surface area contributed by atoms with Gasteiger partial charge in [-0.25, -0.2) is 0 Å². The maximum absolute atomic E-state index is 12.6. The van der Waals surface area contributed by atoms with Crippen molar-refractivity contribution in [2.45, 2.75) is 70.6 Å². The van der Waals surface area contributed by atoms with Gasteiger partial charge in [0.15, 0.2) is 0 Å². The summed E-state index contributed by atoms with van der Waals surface area (Å²) in [6.07, 6.45) is 8.50. The van der Waals surface area contributed by atoms with Crippen molar-refractivity contribution in [2.24, 2.45) is 5.41 Å². The van der Waals surface area contributed by atoms with E-state index in [0.29, 0.717) is 12.7 Å². The Labute approximate surface area is 191 Å². The van der Waals surface area contributed by atoms with Crippen LogP contribution in [-0.2, 0) is 14.3 Å². The summed E-state index contributed by atoms with van der Waals surface area (Å²) in [6, 6.07) is 8.50. The third kappa shape index (κ3) is 5.44. The second-order valence-electron chi connectivity index (χ2n) is 9.09. The van der Waals surface area contributed by atoms with Crippen molar-refractivity contribution in [3.63, 3.8) is 0 Å². The number of piperidine rings is 1. The summed E-state index contributed by atoms with van der Waals surface area (Å²) < 4.78 is 11.2. The smallest absolute Gasteiger partial charge is 0.312 e. The Morgan fingerprint density at radius 1 is 1.16 bits per heavy atom. The largest absolute Gasteiger partial charge is 0.466 e. The quantitative estimate of drug-likeness (QED) is 0.578. The molecule has 6 heteroatoms. The molecule has 1 N–H and O–H groups in total. The summed E-state index contributed by atoms with van der Waals surface area (Å²) in [5.41, 5.74) is 2.32. The van der Waals surface area contributed by atoms with Gasteiger partial charge in [0.05, 0.1) is 18.1 Å². The third-order valence-corrected chi connectivity index (χ3v) is 7.17. The standard InChI is InChI=1S/C25H35ClN2O3/c1-3-30-22-9-13-28(14-10-22)21-15-20(17-25(11-12-25)24(29)31-4-2)27-23(16-21)18-5-7-19(26)8-6-18/h5-8,15,20,22-23,27H,3-4,9-14,16-17H2,1-2H3. The number of carbonyl (C=O) groups is 1. The first kappa shape index (κ1) is 22.6. The SMILES string of the molecule is CCOC(=O)C1(CC2C=C(N3CCC(OCC)CC3)CC(c3ccc(Cl)cc3)N2)CC1. The van der Waals surface area contributed by atoms with Crippen LogP contribution in [0.3, 0.4) is 0 Å². The van der Waals surface area contributed by atoms with Crippen LogP contribution < -0.4 is 5.32 Å². The first-order valence-electron chi connectivity index (χ1n) is 11.8. The van der Waals surface area contributed by atoms with E-state index in [2.05, 4.69) is 35.3 Å². The fourth-order valence-electron chi connectivity index (χ4n) is 5.03. The van der Waals surface area contributed by atoms with E-state index >= 15 is 0 Å². The number of nitrogens with zero attached hydrogens (tertiary/aromatic N) is 1. The maximum Gasteiger partial charge on any atom is 0.312 e. The molecule has 2 heterocycles. The molecule has 1 saturated carbocycles. The van der Waals surface area contributed by atoms with E-state index in [4.69, 9.17) is 21.1 Å². The van der Waals surface area contributed by atoms with Crippen molar-refractivity contribution in [1.82, 2.24) is 10.2 Å². The van der Waals surface area contributed by atoms with E-state index in [9.17, 15) is 4.79 Å². The molecule has 0 radical (unpaired) electrons. The van der Waals surface area contributed by atoms with Crippen LogP contribution in [0.2, 0.25) is 5.02 Å². The Bertz CT molecular complexity index is 782. The minimum Gasteiger partial charge on any atom is -0.466 e. The highest BCUT2D eigenvalue weighted by Crippen LogP contribution is 2.51. The first-order chi connectivity index (χ1) is 15.0. The number of hydrogen-bond donors (Lipinski definition) is 1. The molecule has 2 aliphatic heterocycles. The molecule has 1 aliphatic carbocycles. The Hall–Kier alpha value is -1.56. The number of rotatable bonds is 8. The lowest BCUT2D eigenvalue weighted by Gasteiger charge is -2.40. The molecule has 4 rings (SSSR count). The summed E-state index contributed by atoms with van der Waals surface area (Å²) in [7, 11) is 0. The zero-order chi connectivity index (χ0) is 21.8. The van der Waals surface area contributed by atoms with Gasteiger partial charge in [-0.3, -0.25) is 4.79 Å². The predicted molar refractivity (Wildman–Crippen MR) is 123 cm³/mol. The van der Waals surface area contributed by atoms with E-state index in [0.717, 1.165) is 63.2 Å². The Morgan fingerprint density at radius 3 is 2.48 bits per heavy atom. The highest BCUT2D eigenvalue weighted by atomic mass is 35.5. The number of benzene rings is 1. The summed E-state index contributed by atoms with van der Waals surface area (Å²) >= 11 is 6.13. The molecule has 3 aliphatic rings. The van der Waals surface area contributed by atoms with Crippen LogP contribution in [-0.4, -0.2) is 49.3 Å². The van der Waals surface area contributed by atoms with Gasteiger partial charge in [-0.05, 0) is 69.7 Å². The molecule has 2 unspecified atom stereocenters. The number of hydrogen-bond acceptors (Lipinski definition) is 5. The molecule has 2 atom stereocenters. The average Bonchev–Trinajstić information content (AvgIpc) is 3.56. The van der Waals surface area contributed by atoms with E-state index < -0.39 is 0 Å². The maximum atomic E-state index is 12.6. The molecule has 170 valence electrons. The van der Waals surface area contributed by atoms with Crippen LogP contribution >= 0.6 is 11.6 Å². The van der Waals surface area contributed by atoms with Crippen molar-refractivity contribution in [2.75, 3.05) is 26.3 Å². The van der Waals surface area contributed by atoms with Gasteiger partial charge in [0.2, 0.25) is 0 Å². The molecule has 5 nitrogen and oxygen atoms in total. The highest BCUT2D eigenvalue weighted by Gasteiger charge is 2.52. The molecular weight excluding hydrogens is 412 g/mol. The number of esters is 1. The number of carbonyl (C=O) groups excluding carboxylic acids is 1. The topological polar surface area (TPSA) is 50.8 Å².